The van der Waals surface area contributed by atoms with Crippen LogP contribution in [0.5, 0.6) is 0 Å². The Morgan fingerprint density at radius 1 is 1.04 bits per heavy atom. The maximum atomic E-state index is 12.8. The van der Waals surface area contributed by atoms with Gasteiger partial charge in [0.25, 0.3) is 11.8 Å². The van der Waals surface area contributed by atoms with Crippen LogP contribution in [0, 0.1) is 5.82 Å². The Balaban J connectivity index is 1.72. The molecular formula is C16H14ClFN4O3. The summed E-state index contributed by atoms with van der Waals surface area (Å²) in [5.41, 5.74) is 5.02. The van der Waals surface area contributed by atoms with Gasteiger partial charge in [0.15, 0.2) is 0 Å². The zero-order chi connectivity index (χ0) is 18.2. The van der Waals surface area contributed by atoms with Crippen LogP contribution in [-0.4, -0.2) is 29.3 Å². The van der Waals surface area contributed by atoms with Gasteiger partial charge in [-0.3, -0.25) is 30.2 Å². The van der Waals surface area contributed by atoms with Crippen LogP contribution in [0.4, 0.5) is 4.39 Å². The van der Waals surface area contributed by atoms with Crippen LogP contribution < -0.4 is 16.2 Å². The highest BCUT2D eigenvalue weighted by atomic mass is 35.5. The van der Waals surface area contributed by atoms with Gasteiger partial charge in [0.05, 0.1) is 13.0 Å². The van der Waals surface area contributed by atoms with E-state index in [0.29, 0.717) is 10.6 Å². The number of hydrogen-bond acceptors (Lipinski definition) is 4. The highest BCUT2D eigenvalue weighted by Crippen LogP contribution is 2.07. The SMILES string of the molecule is O=C(CNC(=O)c1cc(Cl)ccn1)NNC(=O)Cc1ccc(F)cc1. The van der Waals surface area contributed by atoms with E-state index in [-0.39, 0.29) is 18.7 Å². The Labute approximate surface area is 147 Å². The second kappa shape index (κ2) is 8.74. The van der Waals surface area contributed by atoms with E-state index in [0.717, 1.165) is 0 Å². The summed E-state index contributed by atoms with van der Waals surface area (Å²) < 4.78 is 12.8. The van der Waals surface area contributed by atoms with Gasteiger partial charge in [-0.1, -0.05) is 23.7 Å². The van der Waals surface area contributed by atoms with Gasteiger partial charge in [-0.2, -0.15) is 0 Å². The largest absolute Gasteiger partial charge is 0.342 e. The number of pyridine rings is 1. The van der Waals surface area contributed by atoms with Crippen molar-refractivity contribution >= 4 is 29.3 Å². The Morgan fingerprint density at radius 2 is 1.72 bits per heavy atom. The second-order valence-electron chi connectivity index (χ2n) is 4.94. The fourth-order valence-corrected chi connectivity index (χ4v) is 1.96. The quantitative estimate of drug-likeness (QED) is 0.689. The summed E-state index contributed by atoms with van der Waals surface area (Å²) in [7, 11) is 0. The molecule has 0 radical (unpaired) electrons. The zero-order valence-corrected chi connectivity index (χ0v) is 13.6. The van der Waals surface area contributed by atoms with Gasteiger partial charge < -0.3 is 5.32 Å². The average Bonchev–Trinajstić information content (AvgIpc) is 2.60. The number of nitrogens with zero attached hydrogens (tertiary/aromatic N) is 1. The molecule has 1 heterocycles. The van der Waals surface area contributed by atoms with Crippen LogP contribution in [0.2, 0.25) is 5.02 Å². The van der Waals surface area contributed by atoms with Crippen molar-refractivity contribution in [2.75, 3.05) is 6.54 Å². The highest BCUT2D eigenvalue weighted by molar-refractivity contribution is 6.30. The Morgan fingerprint density at radius 3 is 2.40 bits per heavy atom. The third kappa shape index (κ3) is 6.19. The van der Waals surface area contributed by atoms with Gasteiger partial charge in [-0.05, 0) is 29.8 Å². The highest BCUT2D eigenvalue weighted by Gasteiger charge is 2.10. The summed E-state index contributed by atoms with van der Waals surface area (Å²) in [4.78, 5) is 38.9. The number of nitrogens with one attached hydrogen (secondary N) is 3. The van der Waals surface area contributed by atoms with Crippen LogP contribution in [0.1, 0.15) is 16.1 Å². The number of carbonyl (C=O) groups is 3. The lowest BCUT2D eigenvalue weighted by molar-refractivity contribution is -0.128. The summed E-state index contributed by atoms with van der Waals surface area (Å²) >= 11 is 5.74. The van der Waals surface area contributed by atoms with Gasteiger partial charge in [0.1, 0.15) is 11.5 Å². The molecule has 0 aliphatic carbocycles. The first-order valence-electron chi connectivity index (χ1n) is 7.16. The van der Waals surface area contributed by atoms with Crippen LogP contribution in [0.3, 0.4) is 0 Å². The molecule has 0 spiro atoms. The van der Waals surface area contributed by atoms with E-state index < -0.39 is 23.5 Å². The molecule has 0 aliphatic rings. The molecule has 7 nitrogen and oxygen atoms in total. The first kappa shape index (κ1) is 18.3. The van der Waals surface area contributed by atoms with Gasteiger partial charge in [-0.25, -0.2) is 4.39 Å². The van der Waals surface area contributed by atoms with Crippen LogP contribution in [0.15, 0.2) is 42.6 Å². The molecule has 0 unspecified atom stereocenters. The van der Waals surface area contributed by atoms with Gasteiger partial charge in [0, 0.05) is 11.2 Å². The van der Waals surface area contributed by atoms with Crippen molar-refractivity contribution in [3.8, 4) is 0 Å². The monoisotopic (exact) mass is 364 g/mol. The molecule has 2 aromatic rings. The fourth-order valence-electron chi connectivity index (χ4n) is 1.80. The molecule has 0 bridgehead atoms. The molecule has 0 saturated heterocycles. The Kier molecular flexibility index (Phi) is 6.41. The van der Waals surface area contributed by atoms with E-state index in [9.17, 15) is 18.8 Å². The third-order valence-electron chi connectivity index (χ3n) is 2.98. The van der Waals surface area contributed by atoms with Crippen molar-refractivity contribution in [2.45, 2.75) is 6.42 Å². The second-order valence-corrected chi connectivity index (χ2v) is 5.38. The zero-order valence-electron chi connectivity index (χ0n) is 12.9. The Hall–Kier alpha value is -3.00. The van der Waals surface area contributed by atoms with Crippen LogP contribution >= 0.6 is 11.6 Å². The molecule has 9 heteroatoms. The van der Waals surface area contributed by atoms with E-state index in [1.54, 1.807) is 0 Å². The standard InChI is InChI=1S/C16H14ClFN4O3/c17-11-5-6-19-13(8-11)16(25)20-9-15(24)22-21-14(23)7-10-1-3-12(18)4-2-10/h1-6,8H,7,9H2,(H,20,25)(H,21,23)(H,22,24). The molecule has 0 aliphatic heterocycles. The summed E-state index contributed by atoms with van der Waals surface area (Å²) in [5.74, 6) is -2.08. The fraction of sp³-hybridized carbons (Fsp3) is 0.125. The molecule has 3 N–H and O–H groups in total. The number of hydrazine groups is 1. The van der Waals surface area contributed by atoms with Crippen molar-refractivity contribution in [2.24, 2.45) is 0 Å². The van der Waals surface area contributed by atoms with Crippen molar-refractivity contribution < 1.29 is 18.8 Å². The lowest BCUT2D eigenvalue weighted by Crippen LogP contribution is -2.46. The number of aromatic nitrogens is 1. The average molecular weight is 365 g/mol. The van der Waals surface area contributed by atoms with Crippen molar-refractivity contribution in [1.29, 1.82) is 0 Å². The third-order valence-corrected chi connectivity index (χ3v) is 3.22. The van der Waals surface area contributed by atoms with E-state index >= 15 is 0 Å². The first-order chi connectivity index (χ1) is 11.9. The Bertz CT molecular complexity index is 783. The molecule has 2 rings (SSSR count). The smallest absolute Gasteiger partial charge is 0.270 e. The van der Waals surface area contributed by atoms with Gasteiger partial charge in [0.2, 0.25) is 5.91 Å². The molecule has 3 amide bonds. The molecule has 130 valence electrons. The van der Waals surface area contributed by atoms with Crippen molar-refractivity contribution in [3.63, 3.8) is 0 Å². The number of amides is 3. The minimum Gasteiger partial charge on any atom is -0.342 e. The number of rotatable bonds is 5. The van der Waals surface area contributed by atoms with E-state index in [4.69, 9.17) is 11.6 Å². The summed E-state index contributed by atoms with van der Waals surface area (Å²) in [6.07, 6.45) is 1.34. The van der Waals surface area contributed by atoms with E-state index in [1.165, 1.54) is 42.6 Å². The van der Waals surface area contributed by atoms with E-state index in [2.05, 4.69) is 21.2 Å². The van der Waals surface area contributed by atoms with Gasteiger partial charge in [-0.15, -0.1) is 0 Å². The van der Waals surface area contributed by atoms with Crippen LogP contribution in [0.25, 0.3) is 0 Å². The lowest BCUT2D eigenvalue weighted by atomic mass is 10.1. The number of halogens is 2. The predicted molar refractivity (Wildman–Crippen MR) is 88.0 cm³/mol. The molecule has 0 fully saturated rings. The molecule has 1 aromatic heterocycles. The molecular weight excluding hydrogens is 351 g/mol. The molecule has 1 aromatic carbocycles. The van der Waals surface area contributed by atoms with E-state index in [1.807, 2.05) is 0 Å². The van der Waals surface area contributed by atoms with Crippen molar-refractivity contribution in [1.82, 2.24) is 21.2 Å². The predicted octanol–water partition coefficient (Wildman–Crippen LogP) is 0.994. The van der Waals surface area contributed by atoms with Gasteiger partial charge >= 0.3 is 0 Å². The number of carbonyl (C=O) groups excluding carboxylic acids is 3. The summed E-state index contributed by atoms with van der Waals surface area (Å²) in [5, 5.41) is 2.69. The lowest BCUT2D eigenvalue weighted by Gasteiger charge is -2.08. The minimum absolute atomic E-state index is 0.0284. The summed E-state index contributed by atoms with van der Waals surface area (Å²) in [6.45, 7) is -0.357. The normalized spacial score (nSPS) is 10.0. The first-order valence-corrected chi connectivity index (χ1v) is 7.54. The molecule has 0 saturated carbocycles. The number of hydrogen-bond donors (Lipinski definition) is 3. The van der Waals surface area contributed by atoms with Crippen LogP contribution in [-0.2, 0) is 16.0 Å². The maximum absolute atomic E-state index is 12.8. The molecule has 25 heavy (non-hydrogen) atoms. The number of benzene rings is 1. The summed E-state index contributed by atoms with van der Waals surface area (Å²) in [6, 6.07) is 8.28. The topological polar surface area (TPSA) is 100 Å². The van der Waals surface area contributed by atoms with Crippen molar-refractivity contribution in [3.05, 3.63) is 64.7 Å². The maximum Gasteiger partial charge on any atom is 0.270 e. The molecule has 0 atom stereocenters. The minimum atomic E-state index is -0.622.